The molecule has 1 atom stereocenters. The van der Waals surface area contributed by atoms with Gasteiger partial charge < -0.3 is 5.32 Å². The molecule has 1 N–H and O–H groups in total. The number of thiazole rings is 1. The zero-order valence-electron chi connectivity index (χ0n) is 12.1. The minimum atomic E-state index is 0.591. The third-order valence-corrected chi connectivity index (χ3v) is 4.72. The van der Waals surface area contributed by atoms with Crippen molar-refractivity contribution in [1.29, 1.82) is 0 Å². The fourth-order valence-corrected chi connectivity index (χ4v) is 3.55. The zero-order valence-corrected chi connectivity index (χ0v) is 12.9. The van der Waals surface area contributed by atoms with Crippen LogP contribution in [0.3, 0.4) is 0 Å². The summed E-state index contributed by atoms with van der Waals surface area (Å²) in [5, 5.41) is 4.61. The lowest BCUT2D eigenvalue weighted by Gasteiger charge is -2.31. The highest BCUT2D eigenvalue weighted by Gasteiger charge is 2.16. The summed E-state index contributed by atoms with van der Waals surface area (Å²) in [4.78, 5) is 8.44. The van der Waals surface area contributed by atoms with Crippen molar-refractivity contribution in [2.24, 2.45) is 0 Å². The molecule has 0 amide bonds. The van der Waals surface area contributed by atoms with E-state index in [9.17, 15) is 0 Å². The van der Waals surface area contributed by atoms with E-state index < -0.39 is 0 Å². The summed E-state index contributed by atoms with van der Waals surface area (Å²) in [6, 6.07) is 9.20. The van der Waals surface area contributed by atoms with Crippen LogP contribution < -0.4 is 5.32 Å². The van der Waals surface area contributed by atoms with Crippen molar-refractivity contribution in [2.75, 3.05) is 19.6 Å². The summed E-state index contributed by atoms with van der Waals surface area (Å²) >= 11 is 1.81. The summed E-state index contributed by atoms with van der Waals surface area (Å²) < 4.78 is 0. The van der Waals surface area contributed by atoms with Gasteiger partial charge in [0.1, 0.15) is 5.01 Å². The SMILES string of the molecule is Cc1ccc(-c2ncc(CN3CCN[C@H](C)C3)s2)cc1. The Balaban J connectivity index is 1.69. The zero-order chi connectivity index (χ0) is 13.9. The van der Waals surface area contributed by atoms with E-state index in [1.54, 1.807) is 0 Å². The first-order valence-electron chi connectivity index (χ1n) is 7.18. The highest BCUT2D eigenvalue weighted by atomic mass is 32.1. The number of nitrogens with zero attached hydrogens (tertiary/aromatic N) is 2. The number of rotatable bonds is 3. The first-order valence-corrected chi connectivity index (χ1v) is 8.00. The fraction of sp³-hybridized carbons (Fsp3) is 0.438. The second-order valence-electron chi connectivity index (χ2n) is 5.59. The van der Waals surface area contributed by atoms with E-state index in [-0.39, 0.29) is 0 Å². The van der Waals surface area contributed by atoms with Gasteiger partial charge in [-0.3, -0.25) is 4.90 Å². The predicted octanol–water partition coefficient (Wildman–Crippen LogP) is 2.91. The lowest BCUT2D eigenvalue weighted by molar-refractivity contribution is 0.201. The molecule has 20 heavy (non-hydrogen) atoms. The normalized spacial score (nSPS) is 20.2. The van der Waals surface area contributed by atoms with Gasteiger partial charge in [-0.25, -0.2) is 4.98 Å². The minimum Gasteiger partial charge on any atom is -0.312 e. The number of aryl methyl sites for hydroxylation is 1. The molecule has 0 unspecified atom stereocenters. The molecule has 2 aromatic rings. The highest BCUT2D eigenvalue weighted by Crippen LogP contribution is 2.26. The Kier molecular flexibility index (Phi) is 4.15. The predicted molar refractivity (Wildman–Crippen MR) is 85.0 cm³/mol. The van der Waals surface area contributed by atoms with Crippen molar-refractivity contribution in [3.05, 3.63) is 40.9 Å². The molecule has 1 fully saturated rings. The second-order valence-corrected chi connectivity index (χ2v) is 6.70. The number of benzene rings is 1. The van der Waals surface area contributed by atoms with Gasteiger partial charge >= 0.3 is 0 Å². The largest absolute Gasteiger partial charge is 0.312 e. The van der Waals surface area contributed by atoms with Crippen LogP contribution in [-0.4, -0.2) is 35.6 Å². The van der Waals surface area contributed by atoms with E-state index in [2.05, 4.69) is 53.3 Å². The third kappa shape index (κ3) is 3.26. The van der Waals surface area contributed by atoms with Gasteiger partial charge in [-0.1, -0.05) is 29.8 Å². The molecule has 3 rings (SSSR count). The Morgan fingerprint density at radius 1 is 1.35 bits per heavy atom. The maximum absolute atomic E-state index is 4.58. The van der Waals surface area contributed by atoms with Crippen LogP contribution in [0.15, 0.2) is 30.5 Å². The maximum atomic E-state index is 4.58. The maximum Gasteiger partial charge on any atom is 0.123 e. The van der Waals surface area contributed by atoms with Crippen molar-refractivity contribution in [3.63, 3.8) is 0 Å². The Bertz CT molecular complexity index is 561. The number of nitrogens with one attached hydrogen (secondary N) is 1. The third-order valence-electron chi connectivity index (χ3n) is 3.68. The van der Waals surface area contributed by atoms with Crippen LogP contribution in [0.5, 0.6) is 0 Å². The average Bonchev–Trinajstić information content (AvgIpc) is 2.88. The summed E-state index contributed by atoms with van der Waals surface area (Å²) in [6.07, 6.45) is 2.03. The first-order chi connectivity index (χ1) is 9.70. The Morgan fingerprint density at radius 3 is 2.90 bits per heavy atom. The average molecular weight is 287 g/mol. The van der Waals surface area contributed by atoms with Crippen molar-refractivity contribution in [3.8, 4) is 10.6 Å². The van der Waals surface area contributed by atoms with Crippen LogP contribution in [0.4, 0.5) is 0 Å². The molecule has 1 aliphatic rings. The number of hydrogen-bond acceptors (Lipinski definition) is 4. The second kappa shape index (κ2) is 6.04. The monoisotopic (exact) mass is 287 g/mol. The smallest absolute Gasteiger partial charge is 0.123 e. The van der Waals surface area contributed by atoms with Crippen molar-refractivity contribution in [2.45, 2.75) is 26.4 Å². The highest BCUT2D eigenvalue weighted by molar-refractivity contribution is 7.15. The molecule has 0 bridgehead atoms. The van der Waals surface area contributed by atoms with Crippen molar-refractivity contribution < 1.29 is 0 Å². The molecule has 1 aromatic heterocycles. The molecule has 0 spiro atoms. The molecule has 0 aliphatic carbocycles. The van der Waals surface area contributed by atoms with Crippen LogP contribution in [0.1, 0.15) is 17.4 Å². The Hall–Kier alpha value is -1.23. The molecule has 2 heterocycles. The van der Waals surface area contributed by atoms with Crippen LogP contribution in [0, 0.1) is 6.92 Å². The van der Waals surface area contributed by atoms with E-state index in [1.165, 1.54) is 16.0 Å². The van der Waals surface area contributed by atoms with Crippen molar-refractivity contribution in [1.82, 2.24) is 15.2 Å². The van der Waals surface area contributed by atoms with Gasteiger partial charge in [-0.15, -0.1) is 11.3 Å². The van der Waals surface area contributed by atoms with Crippen LogP contribution >= 0.6 is 11.3 Å². The fourth-order valence-electron chi connectivity index (χ4n) is 2.59. The van der Waals surface area contributed by atoms with Crippen LogP contribution in [-0.2, 0) is 6.54 Å². The molecular formula is C16H21N3S. The van der Waals surface area contributed by atoms with E-state index >= 15 is 0 Å². The van der Waals surface area contributed by atoms with Gasteiger partial charge in [0, 0.05) is 48.9 Å². The molecule has 4 heteroatoms. The molecule has 0 radical (unpaired) electrons. The van der Waals surface area contributed by atoms with Gasteiger partial charge in [0.2, 0.25) is 0 Å². The molecule has 106 valence electrons. The van der Waals surface area contributed by atoms with Gasteiger partial charge in [-0.05, 0) is 13.8 Å². The van der Waals surface area contributed by atoms with Gasteiger partial charge in [0.15, 0.2) is 0 Å². The number of aromatic nitrogens is 1. The molecule has 1 aliphatic heterocycles. The van der Waals surface area contributed by atoms with Gasteiger partial charge in [0.25, 0.3) is 0 Å². The standard InChI is InChI=1S/C16H21N3S/c1-12-3-5-14(6-4-12)16-18-9-15(20-16)11-19-8-7-17-13(2)10-19/h3-6,9,13,17H,7-8,10-11H2,1-2H3/t13-/m1/s1. The topological polar surface area (TPSA) is 28.2 Å². The van der Waals surface area contributed by atoms with Crippen LogP contribution in [0.25, 0.3) is 10.6 Å². The molecule has 3 nitrogen and oxygen atoms in total. The first kappa shape index (κ1) is 13.7. The summed E-state index contributed by atoms with van der Waals surface area (Å²) in [5.74, 6) is 0. The Morgan fingerprint density at radius 2 is 2.15 bits per heavy atom. The summed E-state index contributed by atoms with van der Waals surface area (Å²) in [7, 11) is 0. The Labute approximate surface area is 124 Å². The number of hydrogen-bond donors (Lipinski definition) is 1. The number of piperazine rings is 1. The van der Waals surface area contributed by atoms with Crippen LogP contribution in [0.2, 0.25) is 0 Å². The minimum absolute atomic E-state index is 0.591. The lowest BCUT2D eigenvalue weighted by atomic mass is 10.2. The molecule has 1 aromatic carbocycles. The van der Waals surface area contributed by atoms with E-state index in [4.69, 9.17) is 0 Å². The summed E-state index contributed by atoms with van der Waals surface area (Å²) in [5.41, 5.74) is 2.51. The van der Waals surface area contributed by atoms with Gasteiger partial charge in [0.05, 0.1) is 0 Å². The molecule has 1 saturated heterocycles. The van der Waals surface area contributed by atoms with Gasteiger partial charge in [-0.2, -0.15) is 0 Å². The summed E-state index contributed by atoms with van der Waals surface area (Å²) in [6.45, 7) is 8.72. The van der Waals surface area contributed by atoms with E-state index in [1.807, 2.05) is 17.5 Å². The van der Waals surface area contributed by atoms with Crippen molar-refractivity contribution >= 4 is 11.3 Å². The lowest BCUT2D eigenvalue weighted by Crippen LogP contribution is -2.48. The van der Waals surface area contributed by atoms with E-state index in [0.29, 0.717) is 6.04 Å². The molecule has 0 saturated carbocycles. The molecular weight excluding hydrogens is 266 g/mol. The quantitative estimate of drug-likeness (QED) is 0.941. The van der Waals surface area contributed by atoms with E-state index in [0.717, 1.165) is 31.2 Å².